The van der Waals surface area contributed by atoms with Gasteiger partial charge in [-0.1, -0.05) is 34.1 Å². The molecule has 1 heterocycles. The topological polar surface area (TPSA) is 41.6 Å². The van der Waals surface area contributed by atoms with Gasteiger partial charge in [-0.15, -0.1) is 0 Å². The van der Waals surface area contributed by atoms with Gasteiger partial charge in [0.2, 0.25) is 5.91 Å². The Labute approximate surface area is 117 Å². The van der Waals surface area contributed by atoms with Crippen molar-refractivity contribution in [2.45, 2.75) is 59.7 Å². The van der Waals surface area contributed by atoms with E-state index in [-0.39, 0.29) is 18.1 Å². The fraction of sp³-hybridized carbons (Fsp3) is 0.933. The molecule has 0 bridgehead atoms. The van der Waals surface area contributed by atoms with E-state index in [2.05, 4.69) is 33.0 Å². The highest BCUT2D eigenvalue weighted by atomic mass is 16.5. The molecule has 0 radical (unpaired) electrons. The molecule has 1 aliphatic heterocycles. The number of amides is 1. The summed E-state index contributed by atoms with van der Waals surface area (Å²) in [4.78, 5) is 14.2. The minimum Gasteiger partial charge on any atom is -0.380 e. The van der Waals surface area contributed by atoms with Crippen LogP contribution in [0.4, 0.5) is 0 Å². The number of ether oxygens (including phenoxy) is 1. The van der Waals surface area contributed by atoms with E-state index in [0.717, 1.165) is 19.4 Å². The summed E-state index contributed by atoms with van der Waals surface area (Å²) >= 11 is 0. The molecule has 0 aromatic heterocycles. The normalized spacial score (nSPS) is 25.4. The molecule has 3 atom stereocenters. The van der Waals surface area contributed by atoms with Crippen molar-refractivity contribution in [2.75, 3.05) is 19.8 Å². The molecular formula is C15H30N2O2. The maximum atomic E-state index is 12.3. The molecule has 3 unspecified atom stereocenters. The standard InChI is InChI=1S/C15H30N2O2/c1-6-12(4)14-15(18)17(13(5)16-14)8-10-19-9-7-11(2)3/h11-14,16H,6-10H2,1-5H3. The molecule has 0 aromatic carbocycles. The zero-order chi connectivity index (χ0) is 14.4. The number of nitrogens with zero attached hydrogens (tertiary/aromatic N) is 1. The van der Waals surface area contributed by atoms with Gasteiger partial charge in [-0.3, -0.25) is 10.1 Å². The van der Waals surface area contributed by atoms with Crippen molar-refractivity contribution in [2.24, 2.45) is 11.8 Å². The zero-order valence-electron chi connectivity index (χ0n) is 13.1. The van der Waals surface area contributed by atoms with E-state index < -0.39 is 0 Å². The Balaban J connectivity index is 2.32. The summed E-state index contributed by atoms with van der Waals surface area (Å²) in [5.41, 5.74) is 0. The summed E-state index contributed by atoms with van der Waals surface area (Å²) in [6, 6.07) is -0.0179. The molecule has 1 aliphatic rings. The number of nitrogens with one attached hydrogen (secondary N) is 1. The lowest BCUT2D eigenvalue weighted by Gasteiger charge is -2.21. The molecule has 112 valence electrons. The van der Waals surface area contributed by atoms with Crippen molar-refractivity contribution >= 4 is 5.91 Å². The Morgan fingerprint density at radius 2 is 2.00 bits per heavy atom. The second-order valence-electron chi connectivity index (χ2n) is 6.03. The van der Waals surface area contributed by atoms with E-state index in [9.17, 15) is 4.79 Å². The predicted octanol–water partition coefficient (Wildman–Crippen LogP) is 2.24. The second-order valence-corrected chi connectivity index (χ2v) is 6.03. The van der Waals surface area contributed by atoms with Crippen LogP contribution in [0.1, 0.15) is 47.5 Å². The van der Waals surface area contributed by atoms with Gasteiger partial charge in [0.15, 0.2) is 0 Å². The fourth-order valence-electron chi connectivity index (χ4n) is 2.32. The van der Waals surface area contributed by atoms with Crippen molar-refractivity contribution in [3.63, 3.8) is 0 Å². The van der Waals surface area contributed by atoms with Crippen LogP contribution in [0.25, 0.3) is 0 Å². The van der Waals surface area contributed by atoms with Gasteiger partial charge in [0.1, 0.15) is 0 Å². The number of carbonyl (C=O) groups is 1. The third-order valence-electron chi connectivity index (χ3n) is 3.97. The number of rotatable bonds is 8. The van der Waals surface area contributed by atoms with Crippen LogP contribution >= 0.6 is 0 Å². The lowest BCUT2D eigenvalue weighted by atomic mass is 9.99. The highest BCUT2D eigenvalue weighted by molar-refractivity contribution is 5.84. The van der Waals surface area contributed by atoms with Gasteiger partial charge in [0, 0.05) is 13.2 Å². The van der Waals surface area contributed by atoms with Crippen molar-refractivity contribution in [3.05, 3.63) is 0 Å². The Bertz CT molecular complexity index is 281. The van der Waals surface area contributed by atoms with Crippen LogP contribution in [0, 0.1) is 11.8 Å². The molecule has 1 amide bonds. The van der Waals surface area contributed by atoms with Crippen LogP contribution in [-0.4, -0.2) is 42.8 Å². The van der Waals surface area contributed by atoms with Crippen molar-refractivity contribution in [3.8, 4) is 0 Å². The highest BCUT2D eigenvalue weighted by Gasteiger charge is 2.38. The first-order chi connectivity index (χ1) is 8.97. The molecule has 0 saturated carbocycles. The average molecular weight is 270 g/mol. The van der Waals surface area contributed by atoms with Crippen molar-refractivity contribution in [1.82, 2.24) is 10.2 Å². The second kappa shape index (κ2) is 7.85. The van der Waals surface area contributed by atoms with Crippen LogP contribution in [0.5, 0.6) is 0 Å². The summed E-state index contributed by atoms with van der Waals surface area (Å²) in [6.45, 7) is 12.8. The molecule has 1 saturated heterocycles. The van der Waals surface area contributed by atoms with E-state index in [0.29, 0.717) is 25.0 Å². The first-order valence-corrected chi connectivity index (χ1v) is 7.61. The fourth-order valence-corrected chi connectivity index (χ4v) is 2.32. The van der Waals surface area contributed by atoms with Crippen LogP contribution in [-0.2, 0) is 9.53 Å². The molecule has 0 aliphatic carbocycles. The van der Waals surface area contributed by atoms with Crippen LogP contribution < -0.4 is 5.32 Å². The van der Waals surface area contributed by atoms with Gasteiger partial charge >= 0.3 is 0 Å². The molecule has 0 aromatic rings. The molecule has 19 heavy (non-hydrogen) atoms. The van der Waals surface area contributed by atoms with Gasteiger partial charge in [-0.2, -0.15) is 0 Å². The summed E-state index contributed by atoms with van der Waals surface area (Å²) in [7, 11) is 0. The largest absolute Gasteiger partial charge is 0.380 e. The highest BCUT2D eigenvalue weighted by Crippen LogP contribution is 2.18. The third-order valence-corrected chi connectivity index (χ3v) is 3.97. The van der Waals surface area contributed by atoms with Crippen LogP contribution in [0.3, 0.4) is 0 Å². The monoisotopic (exact) mass is 270 g/mol. The third kappa shape index (κ3) is 4.77. The van der Waals surface area contributed by atoms with Gasteiger partial charge < -0.3 is 9.64 Å². The first-order valence-electron chi connectivity index (χ1n) is 7.61. The maximum absolute atomic E-state index is 12.3. The molecule has 0 spiro atoms. The lowest BCUT2D eigenvalue weighted by Crippen LogP contribution is -2.37. The van der Waals surface area contributed by atoms with Crippen molar-refractivity contribution < 1.29 is 9.53 Å². The maximum Gasteiger partial charge on any atom is 0.241 e. The predicted molar refractivity (Wildman–Crippen MR) is 77.8 cm³/mol. The summed E-state index contributed by atoms with van der Waals surface area (Å²) in [6.07, 6.45) is 2.23. The first kappa shape index (κ1) is 16.4. The summed E-state index contributed by atoms with van der Waals surface area (Å²) < 4.78 is 5.60. The number of hydrogen-bond acceptors (Lipinski definition) is 3. The van der Waals surface area contributed by atoms with E-state index in [4.69, 9.17) is 4.74 Å². The molecule has 4 heteroatoms. The summed E-state index contributed by atoms with van der Waals surface area (Å²) in [5, 5.41) is 3.38. The molecule has 1 rings (SSSR count). The van der Waals surface area contributed by atoms with Crippen LogP contribution in [0.2, 0.25) is 0 Å². The Hall–Kier alpha value is -0.610. The van der Waals surface area contributed by atoms with E-state index in [1.165, 1.54) is 0 Å². The molecule has 1 fully saturated rings. The Kier molecular flexibility index (Phi) is 6.80. The number of carbonyl (C=O) groups excluding carboxylic acids is 1. The minimum atomic E-state index is -0.0179. The van der Waals surface area contributed by atoms with Gasteiger partial charge in [0.25, 0.3) is 0 Å². The van der Waals surface area contributed by atoms with Gasteiger partial charge in [0.05, 0.1) is 18.8 Å². The Morgan fingerprint density at radius 1 is 1.32 bits per heavy atom. The number of hydrogen-bond donors (Lipinski definition) is 1. The molecule has 1 N–H and O–H groups in total. The molecule has 4 nitrogen and oxygen atoms in total. The van der Waals surface area contributed by atoms with E-state index in [1.807, 2.05) is 11.8 Å². The van der Waals surface area contributed by atoms with E-state index >= 15 is 0 Å². The van der Waals surface area contributed by atoms with Crippen molar-refractivity contribution in [1.29, 1.82) is 0 Å². The lowest BCUT2D eigenvalue weighted by molar-refractivity contribution is -0.131. The van der Waals surface area contributed by atoms with Crippen LogP contribution in [0.15, 0.2) is 0 Å². The molecular weight excluding hydrogens is 240 g/mol. The quantitative estimate of drug-likeness (QED) is 0.688. The smallest absolute Gasteiger partial charge is 0.241 e. The van der Waals surface area contributed by atoms with Gasteiger partial charge in [-0.25, -0.2) is 0 Å². The van der Waals surface area contributed by atoms with Gasteiger partial charge in [-0.05, 0) is 25.2 Å². The summed E-state index contributed by atoms with van der Waals surface area (Å²) in [5.74, 6) is 1.29. The average Bonchev–Trinajstić information content (AvgIpc) is 2.64. The SMILES string of the molecule is CCC(C)C1NC(C)N(CCOCCC(C)C)C1=O. The van der Waals surface area contributed by atoms with E-state index in [1.54, 1.807) is 0 Å². The zero-order valence-corrected chi connectivity index (χ0v) is 13.1. The Morgan fingerprint density at radius 3 is 2.58 bits per heavy atom. The minimum absolute atomic E-state index is 0.0179.